The van der Waals surface area contributed by atoms with Crippen LogP contribution in [-0.2, 0) is 32.8 Å². The smallest absolute Gasteiger partial charge is 0.304 e. The summed E-state index contributed by atoms with van der Waals surface area (Å²) >= 11 is 3.44. The minimum Gasteiger partial charge on any atom is -0.352 e. The first-order chi connectivity index (χ1) is 20.5. The van der Waals surface area contributed by atoms with E-state index >= 15 is 0 Å². The fourth-order valence-corrected chi connectivity index (χ4v) is 6.53. The summed E-state index contributed by atoms with van der Waals surface area (Å²) < 4.78 is 43.4. The maximum Gasteiger partial charge on any atom is 0.304 e. The fraction of sp³-hybridized carbons (Fsp3) is 0.375. The molecule has 0 spiro atoms. The van der Waals surface area contributed by atoms with Gasteiger partial charge in [-0.15, -0.1) is 0 Å². The van der Waals surface area contributed by atoms with Gasteiger partial charge in [-0.05, 0) is 60.4 Å². The Balaban J connectivity index is 1.74. The zero-order valence-corrected chi connectivity index (χ0v) is 26.9. The van der Waals surface area contributed by atoms with Crippen molar-refractivity contribution >= 4 is 43.6 Å². The molecule has 4 rings (SSSR count). The number of nitrogens with zero attached hydrogens (tertiary/aromatic N) is 3. The Morgan fingerprint density at radius 2 is 1.53 bits per heavy atom. The highest BCUT2D eigenvalue weighted by molar-refractivity contribution is 9.10. The van der Waals surface area contributed by atoms with Crippen LogP contribution in [0.15, 0.2) is 83.3 Å². The molecule has 230 valence electrons. The van der Waals surface area contributed by atoms with E-state index in [1.807, 2.05) is 54.6 Å². The molecule has 1 N–H and O–H groups in total. The Labute approximate surface area is 262 Å². The molecular formula is C32H38BrFN4O4S. The van der Waals surface area contributed by atoms with Crippen molar-refractivity contribution < 1.29 is 22.4 Å². The average molecular weight is 674 g/mol. The lowest BCUT2D eigenvalue weighted by molar-refractivity contribution is -0.140. The summed E-state index contributed by atoms with van der Waals surface area (Å²) in [5, 5.41) is 3.19. The lowest BCUT2D eigenvalue weighted by Gasteiger charge is -2.35. The Bertz CT molecular complexity index is 1470. The van der Waals surface area contributed by atoms with Crippen molar-refractivity contribution in [2.75, 3.05) is 24.9 Å². The fourth-order valence-electron chi connectivity index (χ4n) is 5.21. The summed E-state index contributed by atoms with van der Waals surface area (Å²) in [5.41, 5.74) is 1.79. The van der Waals surface area contributed by atoms with E-state index in [0.29, 0.717) is 0 Å². The van der Waals surface area contributed by atoms with Crippen LogP contribution in [0.5, 0.6) is 0 Å². The number of hydrogen-bond acceptors (Lipinski definition) is 4. The summed E-state index contributed by atoms with van der Waals surface area (Å²) in [4.78, 5) is 29.8. The van der Waals surface area contributed by atoms with Crippen molar-refractivity contribution in [3.05, 3.63) is 100 Å². The van der Waals surface area contributed by atoms with Gasteiger partial charge in [0.25, 0.3) is 0 Å². The second-order valence-electron chi connectivity index (χ2n) is 11.0. The van der Waals surface area contributed by atoms with Crippen LogP contribution >= 0.6 is 15.9 Å². The van der Waals surface area contributed by atoms with E-state index in [0.717, 1.165) is 68.4 Å². The summed E-state index contributed by atoms with van der Waals surface area (Å²) in [5.74, 6) is -1.36. The second-order valence-corrected chi connectivity index (χ2v) is 14.0. The third-order valence-corrected chi connectivity index (χ3v) is 9.97. The first-order valence-electron chi connectivity index (χ1n) is 14.4. The van der Waals surface area contributed by atoms with Gasteiger partial charge in [-0.25, -0.2) is 8.70 Å². The quantitative estimate of drug-likeness (QED) is 0.283. The Morgan fingerprint density at radius 3 is 2.14 bits per heavy atom. The number of halogens is 2. The number of benzene rings is 3. The van der Waals surface area contributed by atoms with Gasteiger partial charge in [0.05, 0.1) is 5.69 Å². The molecule has 1 aliphatic rings. The largest absolute Gasteiger partial charge is 0.352 e. The predicted molar refractivity (Wildman–Crippen MR) is 170 cm³/mol. The molecule has 1 aliphatic carbocycles. The minimum absolute atomic E-state index is 0.0222. The number of amides is 2. The maximum absolute atomic E-state index is 14.3. The van der Waals surface area contributed by atoms with Gasteiger partial charge in [-0.3, -0.25) is 9.59 Å². The van der Waals surface area contributed by atoms with E-state index < -0.39 is 34.5 Å². The molecule has 3 aromatic rings. The zero-order valence-electron chi connectivity index (χ0n) is 24.5. The van der Waals surface area contributed by atoms with Crippen molar-refractivity contribution in [3.8, 4) is 0 Å². The molecule has 43 heavy (non-hydrogen) atoms. The molecule has 0 aliphatic heterocycles. The van der Waals surface area contributed by atoms with Crippen LogP contribution in [-0.4, -0.2) is 62.2 Å². The molecule has 3 aromatic carbocycles. The van der Waals surface area contributed by atoms with Crippen LogP contribution in [0.4, 0.5) is 10.1 Å². The molecule has 0 heterocycles. The summed E-state index contributed by atoms with van der Waals surface area (Å²) in [6.07, 6.45) is 5.20. The van der Waals surface area contributed by atoms with Crippen LogP contribution in [0, 0.1) is 5.82 Å². The molecule has 2 amide bonds. The molecule has 1 saturated carbocycles. The van der Waals surface area contributed by atoms with E-state index in [1.165, 1.54) is 31.1 Å². The van der Waals surface area contributed by atoms with Crippen LogP contribution in [0.1, 0.15) is 43.2 Å². The van der Waals surface area contributed by atoms with Gasteiger partial charge in [-0.1, -0.05) is 77.7 Å². The number of carbonyl (C=O) groups excluding carboxylic acids is 2. The normalized spacial score (nSPS) is 14.7. The summed E-state index contributed by atoms with van der Waals surface area (Å²) in [6.45, 7) is -0.494. The van der Waals surface area contributed by atoms with E-state index in [1.54, 1.807) is 0 Å². The molecule has 1 atom stereocenters. The number of carbonyl (C=O) groups is 2. The monoisotopic (exact) mass is 672 g/mol. The first-order valence-corrected chi connectivity index (χ1v) is 16.6. The van der Waals surface area contributed by atoms with E-state index in [2.05, 4.69) is 21.2 Å². The highest BCUT2D eigenvalue weighted by atomic mass is 79.9. The zero-order chi connectivity index (χ0) is 31.0. The summed E-state index contributed by atoms with van der Waals surface area (Å²) in [7, 11) is -1.42. The maximum atomic E-state index is 14.3. The van der Waals surface area contributed by atoms with Gasteiger partial charge in [-0.2, -0.15) is 12.7 Å². The third-order valence-electron chi connectivity index (χ3n) is 7.62. The molecule has 1 fully saturated rings. The molecular weight excluding hydrogens is 635 g/mol. The van der Waals surface area contributed by atoms with Gasteiger partial charge in [0.1, 0.15) is 18.4 Å². The van der Waals surface area contributed by atoms with E-state index in [-0.39, 0.29) is 30.6 Å². The standard InChI is InChI=1S/C32H38BrFN4O4S/c1-36(2)43(41,42)38(29-19-17-27(34)18-20-29)23-31(39)37(22-25-13-15-26(33)16-14-25)30(21-24-9-5-3-6-10-24)32(40)35-28-11-7-4-8-12-28/h3,5-6,9-10,13-20,28,30H,4,7-8,11-12,21-23H2,1-2H3,(H,35,40)/t30-/m1/s1. The molecule has 0 bridgehead atoms. The number of nitrogens with one attached hydrogen (secondary N) is 1. The van der Waals surface area contributed by atoms with Gasteiger partial charge < -0.3 is 10.2 Å². The predicted octanol–water partition coefficient (Wildman–Crippen LogP) is 5.29. The van der Waals surface area contributed by atoms with Crippen LogP contribution in [0.25, 0.3) is 0 Å². The molecule has 8 nitrogen and oxygen atoms in total. The Hall–Kier alpha value is -3.28. The molecule has 0 aromatic heterocycles. The first kappa shape index (κ1) is 32.6. The average Bonchev–Trinajstić information content (AvgIpc) is 3.00. The number of rotatable bonds is 12. The van der Waals surface area contributed by atoms with Crippen molar-refractivity contribution in [2.24, 2.45) is 0 Å². The molecule has 0 radical (unpaired) electrons. The Morgan fingerprint density at radius 1 is 0.907 bits per heavy atom. The van der Waals surface area contributed by atoms with Crippen LogP contribution < -0.4 is 9.62 Å². The second kappa shape index (κ2) is 14.9. The van der Waals surface area contributed by atoms with Crippen molar-refractivity contribution in [2.45, 2.75) is 57.2 Å². The lowest BCUT2D eigenvalue weighted by Crippen LogP contribution is -2.55. The van der Waals surface area contributed by atoms with Gasteiger partial charge in [0.2, 0.25) is 11.8 Å². The highest BCUT2D eigenvalue weighted by Crippen LogP contribution is 2.24. The molecule has 0 saturated heterocycles. The molecule has 0 unspecified atom stereocenters. The summed E-state index contributed by atoms with van der Waals surface area (Å²) in [6, 6.07) is 20.9. The Kier molecular flexibility index (Phi) is 11.3. The van der Waals surface area contributed by atoms with Crippen molar-refractivity contribution in [1.29, 1.82) is 0 Å². The van der Waals surface area contributed by atoms with Crippen molar-refractivity contribution in [1.82, 2.24) is 14.5 Å². The van der Waals surface area contributed by atoms with Gasteiger partial charge >= 0.3 is 10.2 Å². The van der Waals surface area contributed by atoms with Crippen LogP contribution in [0.2, 0.25) is 0 Å². The highest BCUT2D eigenvalue weighted by Gasteiger charge is 2.35. The third kappa shape index (κ3) is 8.87. The minimum atomic E-state index is -4.15. The van der Waals surface area contributed by atoms with Crippen LogP contribution in [0.3, 0.4) is 0 Å². The number of hydrogen-bond donors (Lipinski definition) is 1. The SMILES string of the molecule is CN(C)S(=O)(=O)N(CC(=O)N(Cc1ccc(Br)cc1)[C@H](Cc1ccccc1)C(=O)NC1CCCCC1)c1ccc(F)cc1. The van der Waals surface area contributed by atoms with Gasteiger partial charge in [0.15, 0.2) is 0 Å². The van der Waals surface area contributed by atoms with E-state index in [9.17, 15) is 22.4 Å². The molecule has 11 heteroatoms. The van der Waals surface area contributed by atoms with Gasteiger partial charge in [0, 0.05) is 37.6 Å². The topological polar surface area (TPSA) is 90.0 Å². The number of anilines is 1. The van der Waals surface area contributed by atoms with Crippen molar-refractivity contribution in [3.63, 3.8) is 0 Å². The lowest BCUT2D eigenvalue weighted by atomic mass is 9.94. The van der Waals surface area contributed by atoms with E-state index in [4.69, 9.17) is 0 Å².